The van der Waals surface area contributed by atoms with Crippen molar-refractivity contribution in [3.8, 4) is 0 Å². The lowest BCUT2D eigenvalue weighted by molar-refractivity contribution is 0.309. The lowest BCUT2D eigenvalue weighted by Gasteiger charge is -2.21. The van der Waals surface area contributed by atoms with Gasteiger partial charge in [-0.2, -0.15) is 8.42 Å². The minimum Gasteiger partial charge on any atom is -0.269 e. The average molecular weight is 286 g/mol. The molecule has 0 unspecified atom stereocenters. The van der Waals surface area contributed by atoms with Gasteiger partial charge >= 0.3 is 0 Å². The molecular formula is C9H15FO5S2. The van der Waals surface area contributed by atoms with Gasteiger partial charge in [0.1, 0.15) is 11.4 Å². The molecule has 0 aromatic heterocycles. The van der Waals surface area contributed by atoms with Crippen LogP contribution in [0.4, 0.5) is 4.39 Å². The van der Waals surface area contributed by atoms with Gasteiger partial charge in [0.25, 0.3) is 10.1 Å². The van der Waals surface area contributed by atoms with Crippen molar-refractivity contribution in [2.75, 3.05) is 19.5 Å². The van der Waals surface area contributed by atoms with Crippen LogP contribution >= 0.6 is 0 Å². The highest BCUT2D eigenvalue weighted by atomic mass is 32.2. The maximum Gasteiger partial charge on any atom is 0.264 e. The minimum atomic E-state index is -3.67. The fourth-order valence-electron chi connectivity index (χ4n) is 1.92. The maximum absolute atomic E-state index is 12.8. The van der Waals surface area contributed by atoms with Crippen molar-refractivity contribution in [1.82, 2.24) is 0 Å². The number of alkyl halides is 1. The molecule has 0 spiro atoms. The average Bonchev–Trinajstić information content (AvgIpc) is 3.09. The first-order valence-electron chi connectivity index (χ1n) is 5.33. The third-order valence-electron chi connectivity index (χ3n) is 3.54. The molecule has 2 fully saturated rings. The lowest BCUT2D eigenvalue weighted by atomic mass is 10.4. The molecule has 2 aliphatic carbocycles. The van der Waals surface area contributed by atoms with E-state index in [-0.39, 0.29) is 6.61 Å². The second-order valence-electron chi connectivity index (χ2n) is 4.97. The summed E-state index contributed by atoms with van der Waals surface area (Å²) < 4.78 is 61.2. The lowest BCUT2D eigenvalue weighted by Crippen LogP contribution is -2.40. The molecule has 0 amide bonds. The Kier molecular flexibility index (Phi) is 2.83. The number of hydrogen-bond acceptors (Lipinski definition) is 5. The summed E-state index contributed by atoms with van der Waals surface area (Å²) in [4.78, 5) is 0. The van der Waals surface area contributed by atoms with Gasteiger partial charge in [0.05, 0.1) is 17.6 Å². The van der Waals surface area contributed by atoms with Crippen LogP contribution < -0.4 is 0 Å². The van der Waals surface area contributed by atoms with Crippen LogP contribution in [0, 0.1) is 0 Å². The van der Waals surface area contributed by atoms with Crippen LogP contribution in [0.1, 0.15) is 25.7 Å². The van der Waals surface area contributed by atoms with E-state index >= 15 is 0 Å². The Hall–Kier alpha value is -0.210. The maximum atomic E-state index is 12.8. The molecule has 17 heavy (non-hydrogen) atoms. The van der Waals surface area contributed by atoms with E-state index in [1.54, 1.807) is 0 Å². The van der Waals surface area contributed by atoms with Crippen LogP contribution in [0.25, 0.3) is 0 Å². The van der Waals surface area contributed by atoms with Gasteiger partial charge in [-0.05, 0) is 25.7 Å². The van der Waals surface area contributed by atoms with E-state index < -0.39 is 36.1 Å². The summed E-state index contributed by atoms with van der Waals surface area (Å²) in [5.74, 6) is 0. The first kappa shape index (κ1) is 13.2. The number of rotatable bonds is 6. The second-order valence-corrected chi connectivity index (χ2v) is 9.35. The third kappa shape index (κ3) is 2.10. The Labute approximate surface area is 100 Å². The Morgan fingerprint density at radius 2 is 1.53 bits per heavy atom. The highest BCUT2D eigenvalue weighted by Gasteiger charge is 2.67. The van der Waals surface area contributed by atoms with E-state index in [0.717, 1.165) is 6.26 Å². The van der Waals surface area contributed by atoms with Crippen molar-refractivity contribution in [2.45, 2.75) is 35.2 Å². The number of hydrogen-bond donors (Lipinski definition) is 0. The van der Waals surface area contributed by atoms with E-state index in [0.29, 0.717) is 25.7 Å². The van der Waals surface area contributed by atoms with Crippen molar-refractivity contribution < 1.29 is 25.4 Å². The predicted molar refractivity (Wildman–Crippen MR) is 59.6 cm³/mol. The molecule has 2 aliphatic rings. The van der Waals surface area contributed by atoms with Gasteiger partial charge in [0.15, 0.2) is 9.84 Å². The predicted octanol–water partition coefficient (Wildman–Crippen LogP) is 0.412. The zero-order chi connectivity index (χ0) is 12.9. The number of halogens is 1. The van der Waals surface area contributed by atoms with Crippen LogP contribution in [0.5, 0.6) is 0 Å². The summed E-state index contributed by atoms with van der Waals surface area (Å²) in [5, 5.41) is 0. The fraction of sp³-hybridized carbons (Fsp3) is 1.00. The van der Waals surface area contributed by atoms with Crippen LogP contribution in [0.3, 0.4) is 0 Å². The van der Waals surface area contributed by atoms with E-state index in [2.05, 4.69) is 4.18 Å². The van der Waals surface area contributed by atoms with Crippen molar-refractivity contribution in [2.24, 2.45) is 0 Å². The van der Waals surface area contributed by atoms with Gasteiger partial charge < -0.3 is 0 Å². The van der Waals surface area contributed by atoms with Crippen molar-refractivity contribution in [1.29, 1.82) is 0 Å². The number of sulfone groups is 1. The molecule has 100 valence electrons. The third-order valence-corrected chi connectivity index (χ3v) is 7.40. The highest BCUT2D eigenvalue weighted by Crippen LogP contribution is 2.56. The van der Waals surface area contributed by atoms with Crippen LogP contribution in [-0.4, -0.2) is 45.9 Å². The summed E-state index contributed by atoms with van der Waals surface area (Å²) >= 11 is 0. The molecule has 2 saturated carbocycles. The molecule has 0 aromatic rings. The van der Waals surface area contributed by atoms with E-state index in [4.69, 9.17) is 0 Å². The van der Waals surface area contributed by atoms with Crippen LogP contribution in [-0.2, 0) is 24.1 Å². The van der Waals surface area contributed by atoms with Crippen molar-refractivity contribution in [3.05, 3.63) is 0 Å². The van der Waals surface area contributed by atoms with Crippen LogP contribution in [0.2, 0.25) is 0 Å². The minimum absolute atomic E-state index is 0.326. The Balaban J connectivity index is 2.17. The van der Waals surface area contributed by atoms with Gasteiger partial charge in [-0.25, -0.2) is 12.8 Å². The fourth-order valence-corrected chi connectivity index (χ4v) is 4.99. The quantitative estimate of drug-likeness (QED) is 0.661. The molecule has 0 aromatic carbocycles. The smallest absolute Gasteiger partial charge is 0.264 e. The van der Waals surface area contributed by atoms with Gasteiger partial charge in [-0.1, -0.05) is 0 Å². The van der Waals surface area contributed by atoms with Gasteiger partial charge in [0, 0.05) is 0 Å². The highest BCUT2D eigenvalue weighted by molar-refractivity contribution is 7.94. The van der Waals surface area contributed by atoms with Gasteiger partial charge in [-0.3, -0.25) is 4.18 Å². The normalized spacial score (nSPS) is 25.5. The van der Waals surface area contributed by atoms with Crippen molar-refractivity contribution >= 4 is 20.0 Å². The Bertz CT molecular complexity index is 514. The summed E-state index contributed by atoms with van der Waals surface area (Å²) in [6, 6.07) is 0. The Morgan fingerprint density at radius 3 is 1.82 bits per heavy atom. The molecule has 0 aliphatic heterocycles. The van der Waals surface area contributed by atoms with Crippen molar-refractivity contribution in [3.63, 3.8) is 0 Å². The first-order chi connectivity index (χ1) is 7.68. The summed E-state index contributed by atoms with van der Waals surface area (Å²) in [6.07, 6.45) is 2.23. The molecule has 5 nitrogen and oxygen atoms in total. The summed E-state index contributed by atoms with van der Waals surface area (Å²) in [5.41, 5.74) is 0. The summed E-state index contributed by atoms with van der Waals surface area (Å²) in [7, 11) is -7.32. The van der Waals surface area contributed by atoms with E-state index in [9.17, 15) is 21.2 Å². The monoisotopic (exact) mass is 286 g/mol. The Morgan fingerprint density at radius 1 is 1.06 bits per heavy atom. The van der Waals surface area contributed by atoms with Gasteiger partial charge in [-0.15, -0.1) is 0 Å². The molecular weight excluding hydrogens is 271 g/mol. The van der Waals surface area contributed by atoms with E-state index in [1.807, 2.05) is 0 Å². The van der Waals surface area contributed by atoms with Crippen LogP contribution in [0.15, 0.2) is 0 Å². The van der Waals surface area contributed by atoms with E-state index in [1.165, 1.54) is 0 Å². The molecule has 0 saturated heterocycles. The molecule has 0 N–H and O–H groups in total. The zero-order valence-corrected chi connectivity index (χ0v) is 11.1. The second kappa shape index (κ2) is 3.64. The van der Waals surface area contributed by atoms with Gasteiger partial charge in [0.2, 0.25) is 0 Å². The molecule has 0 heterocycles. The molecule has 0 atom stereocenters. The molecule has 0 bridgehead atoms. The topological polar surface area (TPSA) is 77.5 Å². The standard InChI is InChI=1S/C9H15FO5S2/c1-16(11,12)15-7-9(4-5-9)17(13,14)8(6-10)2-3-8/h2-7H2,1H3. The zero-order valence-electron chi connectivity index (χ0n) is 9.48. The molecule has 2 rings (SSSR count). The summed E-state index contributed by atoms with van der Waals surface area (Å²) in [6.45, 7) is -1.27. The first-order valence-corrected chi connectivity index (χ1v) is 8.63. The SMILES string of the molecule is CS(=O)(=O)OCC1(S(=O)(=O)C2(CF)CC2)CC1. The largest absolute Gasteiger partial charge is 0.269 e. The molecule has 8 heteroatoms. The molecule has 0 radical (unpaired) electrons.